The predicted octanol–water partition coefficient (Wildman–Crippen LogP) is 2.95. The van der Waals surface area contributed by atoms with Crippen molar-refractivity contribution in [2.75, 3.05) is 6.61 Å². The lowest BCUT2D eigenvalue weighted by molar-refractivity contribution is 0.0528. The molecule has 96 valence electrons. The van der Waals surface area contributed by atoms with E-state index in [9.17, 15) is 4.79 Å². The van der Waals surface area contributed by atoms with E-state index >= 15 is 0 Å². The van der Waals surface area contributed by atoms with E-state index in [0.29, 0.717) is 27.8 Å². The Balaban J connectivity index is 2.60. The summed E-state index contributed by atoms with van der Waals surface area (Å²) in [4.78, 5) is 16.1. The number of esters is 1. The molecular formula is C12H14BrN3O2. The first-order chi connectivity index (χ1) is 8.52. The van der Waals surface area contributed by atoms with Gasteiger partial charge in [0.15, 0.2) is 5.65 Å². The average Bonchev–Trinajstić information content (AvgIpc) is 2.71. The number of rotatable bonds is 3. The Morgan fingerprint density at radius 2 is 2.28 bits per heavy atom. The summed E-state index contributed by atoms with van der Waals surface area (Å²) in [7, 11) is 0. The third kappa shape index (κ3) is 2.38. The molecule has 0 radical (unpaired) electrons. The van der Waals surface area contributed by atoms with E-state index in [0.717, 1.165) is 0 Å². The largest absolute Gasteiger partial charge is 0.462 e. The van der Waals surface area contributed by atoms with Crippen LogP contribution >= 0.6 is 15.9 Å². The number of halogens is 1. The van der Waals surface area contributed by atoms with Crippen molar-refractivity contribution in [2.24, 2.45) is 0 Å². The predicted molar refractivity (Wildman–Crippen MR) is 71.6 cm³/mol. The van der Waals surface area contributed by atoms with Gasteiger partial charge in [-0.3, -0.25) is 4.68 Å². The van der Waals surface area contributed by atoms with Crippen molar-refractivity contribution >= 4 is 32.9 Å². The van der Waals surface area contributed by atoms with Crippen LogP contribution in [0.25, 0.3) is 11.0 Å². The fourth-order valence-corrected chi connectivity index (χ4v) is 2.02. The lowest BCUT2D eigenvalue weighted by Crippen LogP contribution is -2.05. The molecule has 0 saturated heterocycles. The van der Waals surface area contributed by atoms with Crippen molar-refractivity contribution in [3.05, 3.63) is 22.4 Å². The molecular weight excluding hydrogens is 298 g/mol. The average molecular weight is 312 g/mol. The highest BCUT2D eigenvalue weighted by atomic mass is 79.9. The Hall–Kier alpha value is -1.43. The Bertz CT molecular complexity index is 592. The van der Waals surface area contributed by atoms with Gasteiger partial charge < -0.3 is 4.74 Å². The summed E-state index contributed by atoms with van der Waals surface area (Å²) in [6.07, 6.45) is 1.83. The van der Waals surface area contributed by atoms with Crippen LogP contribution in [0.5, 0.6) is 0 Å². The van der Waals surface area contributed by atoms with Gasteiger partial charge in [-0.1, -0.05) is 0 Å². The lowest BCUT2D eigenvalue weighted by atomic mass is 10.2. The molecule has 0 spiro atoms. The maximum Gasteiger partial charge on any atom is 0.339 e. The molecule has 6 heteroatoms. The van der Waals surface area contributed by atoms with Gasteiger partial charge in [-0.05, 0) is 42.8 Å². The number of nitrogens with zero attached hydrogens (tertiary/aromatic N) is 3. The minimum Gasteiger partial charge on any atom is -0.462 e. The van der Waals surface area contributed by atoms with E-state index in [1.165, 1.54) is 0 Å². The molecule has 5 nitrogen and oxygen atoms in total. The quantitative estimate of drug-likeness (QED) is 0.646. The molecule has 18 heavy (non-hydrogen) atoms. The van der Waals surface area contributed by atoms with Crippen LogP contribution in [0.2, 0.25) is 0 Å². The number of ether oxygens (including phenoxy) is 1. The third-order valence-corrected chi connectivity index (χ3v) is 2.91. The van der Waals surface area contributed by atoms with Crippen molar-refractivity contribution in [1.82, 2.24) is 14.8 Å². The minimum atomic E-state index is -0.353. The normalized spacial score (nSPS) is 11.2. The van der Waals surface area contributed by atoms with Crippen LogP contribution in [0.1, 0.15) is 37.2 Å². The zero-order chi connectivity index (χ0) is 13.3. The molecule has 2 aromatic heterocycles. The van der Waals surface area contributed by atoms with Gasteiger partial charge in [-0.15, -0.1) is 0 Å². The van der Waals surface area contributed by atoms with Crippen LogP contribution in [0.3, 0.4) is 0 Å². The molecule has 0 amide bonds. The number of hydrogen-bond donors (Lipinski definition) is 0. The van der Waals surface area contributed by atoms with Gasteiger partial charge in [-0.2, -0.15) is 5.10 Å². The van der Waals surface area contributed by atoms with Crippen LogP contribution in [0.15, 0.2) is 16.9 Å². The fourth-order valence-electron chi connectivity index (χ4n) is 1.63. The van der Waals surface area contributed by atoms with Crippen LogP contribution in [-0.2, 0) is 4.74 Å². The summed E-state index contributed by atoms with van der Waals surface area (Å²) >= 11 is 3.28. The molecule has 2 aromatic rings. The molecule has 0 unspecified atom stereocenters. The highest BCUT2D eigenvalue weighted by Crippen LogP contribution is 2.22. The Kier molecular flexibility index (Phi) is 3.65. The number of carbonyl (C=O) groups is 1. The number of carbonyl (C=O) groups excluding carboxylic acids is 1. The molecule has 0 aliphatic carbocycles. The maximum atomic E-state index is 11.9. The monoisotopic (exact) mass is 311 g/mol. The Labute approximate surface area is 113 Å². The van der Waals surface area contributed by atoms with E-state index in [1.54, 1.807) is 17.7 Å². The Morgan fingerprint density at radius 1 is 1.56 bits per heavy atom. The van der Waals surface area contributed by atoms with Crippen molar-refractivity contribution in [2.45, 2.75) is 26.8 Å². The van der Waals surface area contributed by atoms with E-state index in [4.69, 9.17) is 4.74 Å². The summed E-state index contributed by atoms with van der Waals surface area (Å²) < 4.78 is 7.40. The second-order valence-corrected chi connectivity index (χ2v) is 4.97. The number of fused-ring (bicyclic) bond motifs is 1. The second-order valence-electron chi connectivity index (χ2n) is 4.15. The topological polar surface area (TPSA) is 57.0 Å². The van der Waals surface area contributed by atoms with Gasteiger partial charge in [0, 0.05) is 12.2 Å². The SMILES string of the molecule is CCOC(=O)c1cc(Br)nc2nn(C(C)C)cc12. The van der Waals surface area contributed by atoms with Gasteiger partial charge in [-0.25, -0.2) is 9.78 Å². The van der Waals surface area contributed by atoms with E-state index in [1.807, 2.05) is 20.0 Å². The van der Waals surface area contributed by atoms with Crippen molar-refractivity contribution < 1.29 is 9.53 Å². The molecule has 0 aromatic carbocycles. The molecule has 0 bridgehead atoms. The molecule has 2 rings (SSSR count). The van der Waals surface area contributed by atoms with Gasteiger partial charge >= 0.3 is 5.97 Å². The molecule has 2 heterocycles. The van der Waals surface area contributed by atoms with Gasteiger partial charge in [0.05, 0.1) is 17.6 Å². The summed E-state index contributed by atoms with van der Waals surface area (Å²) in [6.45, 7) is 6.16. The number of hydrogen-bond acceptors (Lipinski definition) is 4. The highest BCUT2D eigenvalue weighted by Gasteiger charge is 2.16. The third-order valence-electron chi connectivity index (χ3n) is 2.50. The number of aromatic nitrogens is 3. The van der Waals surface area contributed by atoms with Gasteiger partial charge in [0.25, 0.3) is 0 Å². The van der Waals surface area contributed by atoms with E-state index < -0.39 is 0 Å². The van der Waals surface area contributed by atoms with Crippen LogP contribution < -0.4 is 0 Å². The van der Waals surface area contributed by atoms with Crippen molar-refractivity contribution in [1.29, 1.82) is 0 Å². The van der Waals surface area contributed by atoms with Crippen molar-refractivity contribution in [3.63, 3.8) is 0 Å². The molecule has 0 aliphatic rings. The first-order valence-corrected chi connectivity index (χ1v) is 6.54. The highest BCUT2D eigenvalue weighted by molar-refractivity contribution is 9.10. The molecule has 0 saturated carbocycles. The standard InChI is InChI=1S/C12H14BrN3O2/c1-4-18-12(17)8-5-10(13)14-11-9(8)6-16(15-11)7(2)3/h5-7H,4H2,1-3H3. The second kappa shape index (κ2) is 5.06. The van der Waals surface area contributed by atoms with Crippen molar-refractivity contribution in [3.8, 4) is 0 Å². The first-order valence-electron chi connectivity index (χ1n) is 5.75. The Morgan fingerprint density at radius 3 is 2.89 bits per heavy atom. The fraction of sp³-hybridized carbons (Fsp3) is 0.417. The van der Waals surface area contributed by atoms with Crippen LogP contribution in [0, 0.1) is 0 Å². The zero-order valence-electron chi connectivity index (χ0n) is 10.5. The van der Waals surface area contributed by atoms with E-state index in [-0.39, 0.29) is 12.0 Å². The van der Waals surface area contributed by atoms with Crippen LogP contribution in [-0.4, -0.2) is 27.3 Å². The molecule has 0 atom stereocenters. The first kappa shape index (κ1) is 13.0. The maximum absolute atomic E-state index is 11.9. The smallest absolute Gasteiger partial charge is 0.339 e. The summed E-state index contributed by atoms with van der Waals surface area (Å²) in [6, 6.07) is 1.88. The molecule has 0 N–H and O–H groups in total. The molecule has 0 fully saturated rings. The van der Waals surface area contributed by atoms with Gasteiger partial charge in [0.2, 0.25) is 0 Å². The summed E-state index contributed by atoms with van der Waals surface area (Å²) in [5, 5.41) is 5.06. The summed E-state index contributed by atoms with van der Waals surface area (Å²) in [5.74, 6) is -0.353. The zero-order valence-corrected chi connectivity index (χ0v) is 12.1. The summed E-state index contributed by atoms with van der Waals surface area (Å²) in [5.41, 5.74) is 1.03. The van der Waals surface area contributed by atoms with Gasteiger partial charge in [0.1, 0.15) is 4.60 Å². The minimum absolute atomic E-state index is 0.216. The van der Waals surface area contributed by atoms with Crippen LogP contribution in [0.4, 0.5) is 0 Å². The van der Waals surface area contributed by atoms with E-state index in [2.05, 4.69) is 26.0 Å². The lowest BCUT2D eigenvalue weighted by Gasteiger charge is -2.03. The number of pyridine rings is 1. The molecule has 0 aliphatic heterocycles.